The lowest BCUT2D eigenvalue weighted by Gasteiger charge is -2.11. The van der Waals surface area contributed by atoms with Crippen LogP contribution in [0.2, 0.25) is 0 Å². The topological polar surface area (TPSA) is 79.5 Å². The first-order valence-corrected chi connectivity index (χ1v) is 10.4. The first-order chi connectivity index (χ1) is 15.4. The molecule has 32 heavy (non-hydrogen) atoms. The van der Waals surface area contributed by atoms with Gasteiger partial charge < -0.3 is 15.4 Å². The normalized spacial score (nSPS) is 10.2. The number of hydrogen-bond acceptors (Lipinski definition) is 4. The van der Waals surface area contributed by atoms with Crippen LogP contribution in [0.3, 0.4) is 0 Å². The third-order valence-electron chi connectivity index (χ3n) is 4.30. The van der Waals surface area contributed by atoms with E-state index in [2.05, 4.69) is 16.0 Å². The molecule has 3 rings (SSSR count). The van der Waals surface area contributed by atoms with Crippen LogP contribution in [-0.4, -0.2) is 23.5 Å². The highest BCUT2D eigenvalue weighted by Crippen LogP contribution is 2.15. The van der Waals surface area contributed by atoms with Gasteiger partial charge in [0, 0.05) is 22.5 Å². The Kier molecular flexibility index (Phi) is 7.88. The molecule has 0 aliphatic heterocycles. The van der Waals surface area contributed by atoms with E-state index in [1.54, 1.807) is 48.5 Å². The number of amides is 2. The van der Waals surface area contributed by atoms with Crippen LogP contribution < -0.4 is 20.7 Å². The summed E-state index contributed by atoms with van der Waals surface area (Å²) >= 11 is 5.22. The molecule has 2 amide bonds. The van der Waals surface area contributed by atoms with Crippen molar-refractivity contribution in [3.63, 3.8) is 0 Å². The van der Waals surface area contributed by atoms with Crippen molar-refractivity contribution in [3.8, 4) is 5.75 Å². The van der Waals surface area contributed by atoms with Gasteiger partial charge in [0.1, 0.15) is 11.6 Å². The SMILES string of the molecule is CCCOc1ccc(C(=O)NC(=S)Nc2cccc(C(=O)Nc3ccc(F)cc3)c2)cc1. The van der Waals surface area contributed by atoms with Crippen LogP contribution in [0.25, 0.3) is 0 Å². The molecular formula is C24H22FN3O3S. The van der Waals surface area contributed by atoms with E-state index in [1.807, 2.05) is 6.92 Å². The van der Waals surface area contributed by atoms with Crippen LogP contribution in [0.15, 0.2) is 72.8 Å². The van der Waals surface area contributed by atoms with Crippen LogP contribution in [0.4, 0.5) is 15.8 Å². The summed E-state index contributed by atoms with van der Waals surface area (Å²) in [6.45, 7) is 2.63. The van der Waals surface area contributed by atoms with Gasteiger partial charge in [-0.25, -0.2) is 4.39 Å². The van der Waals surface area contributed by atoms with Gasteiger partial charge in [0.15, 0.2) is 5.11 Å². The average Bonchev–Trinajstić information content (AvgIpc) is 2.79. The standard InChI is InChI=1S/C24H22FN3O3S/c1-2-14-31-21-12-6-16(7-13-21)22(29)28-24(32)27-20-5-3-4-17(15-20)23(30)26-19-10-8-18(25)9-11-19/h3-13,15H,2,14H2,1H3,(H,26,30)(H2,27,28,29,32). The van der Waals surface area contributed by atoms with E-state index >= 15 is 0 Å². The Morgan fingerprint density at radius 3 is 2.28 bits per heavy atom. The van der Waals surface area contributed by atoms with Gasteiger partial charge in [0.25, 0.3) is 11.8 Å². The van der Waals surface area contributed by atoms with Crippen LogP contribution in [-0.2, 0) is 0 Å². The van der Waals surface area contributed by atoms with Crippen LogP contribution in [0.5, 0.6) is 5.75 Å². The fourth-order valence-corrected chi connectivity index (χ4v) is 2.95. The van der Waals surface area contributed by atoms with Gasteiger partial charge in [0.05, 0.1) is 6.61 Å². The summed E-state index contributed by atoms with van der Waals surface area (Å²) in [5.41, 5.74) is 1.82. The second-order valence-electron chi connectivity index (χ2n) is 6.82. The number of carbonyl (C=O) groups excluding carboxylic acids is 2. The van der Waals surface area contributed by atoms with E-state index in [-0.39, 0.29) is 22.7 Å². The van der Waals surface area contributed by atoms with Crippen molar-refractivity contribution in [1.29, 1.82) is 0 Å². The van der Waals surface area contributed by atoms with Crippen molar-refractivity contribution in [2.75, 3.05) is 17.2 Å². The summed E-state index contributed by atoms with van der Waals surface area (Å²) in [7, 11) is 0. The van der Waals surface area contributed by atoms with Crippen molar-refractivity contribution in [3.05, 3.63) is 89.7 Å². The summed E-state index contributed by atoms with van der Waals surface area (Å²) in [6, 6.07) is 18.9. The average molecular weight is 452 g/mol. The maximum atomic E-state index is 13.0. The Labute approximate surface area is 190 Å². The fourth-order valence-electron chi connectivity index (χ4n) is 2.73. The van der Waals surface area contributed by atoms with Crippen molar-refractivity contribution in [2.24, 2.45) is 0 Å². The second-order valence-corrected chi connectivity index (χ2v) is 7.23. The molecule has 0 spiro atoms. The third kappa shape index (κ3) is 6.61. The predicted molar refractivity (Wildman–Crippen MR) is 127 cm³/mol. The zero-order chi connectivity index (χ0) is 22.9. The number of carbonyl (C=O) groups is 2. The van der Waals surface area contributed by atoms with Crippen LogP contribution in [0.1, 0.15) is 34.1 Å². The number of benzene rings is 3. The van der Waals surface area contributed by atoms with Gasteiger partial charge in [-0.3, -0.25) is 14.9 Å². The molecule has 0 radical (unpaired) electrons. The molecule has 0 fully saturated rings. The Hall–Kier alpha value is -3.78. The van der Waals surface area contributed by atoms with Crippen LogP contribution >= 0.6 is 12.2 Å². The smallest absolute Gasteiger partial charge is 0.257 e. The second kappa shape index (κ2) is 11.0. The van der Waals surface area contributed by atoms with Crippen molar-refractivity contribution >= 4 is 40.5 Å². The first-order valence-electron chi connectivity index (χ1n) is 9.97. The number of anilines is 2. The number of halogens is 1. The minimum atomic E-state index is -0.384. The van der Waals surface area contributed by atoms with Gasteiger partial charge >= 0.3 is 0 Å². The minimum Gasteiger partial charge on any atom is -0.494 e. The number of hydrogen-bond donors (Lipinski definition) is 3. The molecule has 6 nitrogen and oxygen atoms in total. The van der Waals surface area contributed by atoms with E-state index in [9.17, 15) is 14.0 Å². The number of rotatable bonds is 7. The van der Waals surface area contributed by atoms with Gasteiger partial charge in [0.2, 0.25) is 0 Å². The van der Waals surface area contributed by atoms with E-state index in [1.165, 1.54) is 24.3 Å². The van der Waals surface area contributed by atoms with Gasteiger partial charge in [-0.05, 0) is 85.4 Å². The molecule has 3 aromatic rings. The largest absolute Gasteiger partial charge is 0.494 e. The Morgan fingerprint density at radius 1 is 0.875 bits per heavy atom. The monoisotopic (exact) mass is 451 g/mol. The molecule has 0 aromatic heterocycles. The number of thiocarbonyl (C=S) groups is 1. The zero-order valence-corrected chi connectivity index (χ0v) is 18.2. The lowest BCUT2D eigenvalue weighted by Crippen LogP contribution is -2.34. The summed E-state index contributed by atoms with van der Waals surface area (Å²) in [4.78, 5) is 24.9. The molecule has 3 N–H and O–H groups in total. The molecule has 0 bridgehead atoms. The maximum absolute atomic E-state index is 13.0. The lowest BCUT2D eigenvalue weighted by molar-refractivity contribution is 0.0976. The Morgan fingerprint density at radius 2 is 1.59 bits per heavy atom. The third-order valence-corrected chi connectivity index (χ3v) is 4.51. The first kappa shape index (κ1) is 22.9. The molecule has 0 aliphatic rings. The number of ether oxygens (including phenoxy) is 1. The summed E-state index contributed by atoms with van der Waals surface area (Å²) in [5.74, 6) is -0.416. The highest BCUT2D eigenvalue weighted by Gasteiger charge is 2.10. The Balaban J connectivity index is 1.57. The summed E-state index contributed by atoms with van der Waals surface area (Å²) < 4.78 is 18.5. The van der Waals surface area contributed by atoms with E-state index in [0.29, 0.717) is 34.9 Å². The number of nitrogens with one attached hydrogen (secondary N) is 3. The molecule has 0 saturated carbocycles. The van der Waals surface area contributed by atoms with Crippen molar-refractivity contribution < 1.29 is 18.7 Å². The molecule has 3 aromatic carbocycles. The van der Waals surface area contributed by atoms with Crippen molar-refractivity contribution in [1.82, 2.24) is 5.32 Å². The molecule has 0 heterocycles. The van der Waals surface area contributed by atoms with Crippen molar-refractivity contribution in [2.45, 2.75) is 13.3 Å². The molecule has 8 heteroatoms. The van der Waals surface area contributed by atoms with Gasteiger partial charge in [-0.15, -0.1) is 0 Å². The fraction of sp³-hybridized carbons (Fsp3) is 0.125. The quantitative estimate of drug-likeness (QED) is 0.441. The van der Waals surface area contributed by atoms with E-state index < -0.39 is 0 Å². The molecule has 0 unspecified atom stereocenters. The van der Waals surface area contributed by atoms with Crippen LogP contribution in [0, 0.1) is 5.82 Å². The molecule has 0 saturated heterocycles. The highest BCUT2D eigenvalue weighted by atomic mass is 32.1. The van der Waals surface area contributed by atoms with E-state index in [4.69, 9.17) is 17.0 Å². The highest BCUT2D eigenvalue weighted by molar-refractivity contribution is 7.80. The van der Waals surface area contributed by atoms with E-state index in [0.717, 1.165) is 6.42 Å². The predicted octanol–water partition coefficient (Wildman–Crippen LogP) is 4.99. The molecule has 0 atom stereocenters. The summed E-state index contributed by atoms with van der Waals surface area (Å²) in [6.07, 6.45) is 0.900. The molecule has 0 aliphatic carbocycles. The minimum absolute atomic E-state index is 0.0948. The maximum Gasteiger partial charge on any atom is 0.257 e. The molecule has 164 valence electrons. The zero-order valence-electron chi connectivity index (χ0n) is 17.4. The van der Waals surface area contributed by atoms with Gasteiger partial charge in [-0.1, -0.05) is 13.0 Å². The van der Waals surface area contributed by atoms with Gasteiger partial charge in [-0.2, -0.15) is 0 Å². The lowest BCUT2D eigenvalue weighted by atomic mass is 10.2. The Bertz CT molecular complexity index is 1100. The molecular weight excluding hydrogens is 429 g/mol. The summed E-state index contributed by atoms with van der Waals surface area (Å²) in [5, 5.41) is 8.28.